The fraction of sp³-hybridized carbons (Fsp3) is 0. The highest BCUT2D eigenvalue weighted by Gasteiger charge is 2.22. The number of halogens is 3. The number of thiazole rings is 1. The molecule has 0 unspecified atom stereocenters. The van der Waals surface area contributed by atoms with Crippen LogP contribution in [0.2, 0.25) is 0 Å². The molecule has 0 saturated heterocycles. The highest BCUT2D eigenvalue weighted by Crippen LogP contribution is 2.36. The van der Waals surface area contributed by atoms with Crippen molar-refractivity contribution < 1.29 is 17.6 Å². The molecule has 0 amide bonds. The fourth-order valence-corrected chi connectivity index (χ4v) is 3.67. The van der Waals surface area contributed by atoms with Gasteiger partial charge in [-0.25, -0.2) is 18.2 Å². The van der Waals surface area contributed by atoms with Gasteiger partial charge in [-0.1, -0.05) is 6.07 Å². The molecule has 2 aromatic carbocycles. The van der Waals surface area contributed by atoms with Crippen LogP contribution >= 0.6 is 11.3 Å². The zero-order valence-corrected chi connectivity index (χ0v) is 13.7. The van der Waals surface area contributed by atoms with E-state index in [4.69, 9.17) is 4.42 Å². The second-order valence-electron chi connectivity index (χ2n) is 5.65. The summed E-state index contributed by atoms with van der Waals surface area (Å²) in [5, 5.41) is 0. The highest BCUT2D eigenvalue weighted by molar-refractivity contribution is 7.16. The van der Waals surface area contributed by atoms with Gasteiger partial charge in [0, 0.05) is 23.4 Å². The summed E-state index contributed by atoms with van der Waals surface area (Å²) >= 11 is 1.47. The molecule has 128 valence electrons. The summed E-state index contributed by atoms with van der Waals surface area (Å²) < 4.78 is 49.3. The number of oxazole rings is 1. The Hall–Kier alpha value is -3.13. The van der Waals surface area contributed by atoms with Gasteiger partial charge in [-0.15, -0.1) is 11.3 Å². The number of benzene rings is 2. The first-order valence-corrected chi connectivity index (χ1v) is 8.44. The molecular formula is C18H8F3N3OS. The van der Waals surface area contributed by atoms with E-state index in [2.05, 4.69) is 9.97 Å². The Morgan fingerprint density at radius 1 is 1.00 bits per heavy atom. The molecule has 5 rings (SSSR count). The van der Waals surface area contributed by atoms with E-state index >= 15 is 0 Å². The number of nitrogens with zero attached hydrogens (tertiary/aromatic N) is 3. The van der Waals surface area contributed by atoms with Crippen LogP contribution in [0.1, 0.15) is 0 Å². The predicted molar refractivity (Wildman–Crippen MR) is 91.4 cm³/mol. The van der Waals surface area contributed by atoms with Crippen LogP contribution in [0.3, 0.4) is 0 Å². The third-order valence-corrected chi connectivity index (χ3v) is 4.92. The minimum Gasteiger partial charge on any atom is -0.432 e. The summed E-state index contributed by atoms with van der Waals surface area (Å²) in [6.07, 6.45) is 3.08. The molecule has 8 heteroatoms. The van der Waals surface area contributed by atoms with Crippen LogP contribution in [0, 0.1) is 17.5 Å². The first-order chi connectivity index (χ1) is 12.6. The van der Waals surface area contributed by atoms with Gasteiger partial charge in [-0.3, -0.25) is 4.40 Å². The van der Waals surface area contributed by atoms with E-state index in [1.165, 1.54) is 17.6 Å². The summed E-state index contributed by atoms with van der Waals surface area (Å²) in [5.74, 6) is -3.06. The zero-order valence-electron chi connectivity index (χ0n) is 12.9. The topological polar surface area (TPSA) is 43.3 Å². The highest BCUT2D eigenvalue weighted by atomic mass is 32.1. The van der Waals surface area contributed by atoms with Gasteiger partial charge in [0.2, 0.25) is 0 Å². The van der Waals surface area contributed by atoms with Crippen molar-refractivity contribution in [1.29, 1.82) is 0 Å². The molecule has 0 radical (unpaired) electrons. The van der Waals surface area contributed by atoms with Crippen LogP contribution in [-0.2, 0) is 0 Å². The largest absolute Gasteiger partial charge is 0.432 e. The van der Waals surface area contributed by atoms with E-state index in [1.807, 2.05) is 18.2 Å². The van der Waals surface area contributed by atoms with Crippen LogP contribution < -0.4 is 0 Å². The van der Waals surface area contributed by atoms with E-state index in [9.17, 15) is 13.2 Å². The van der Waals surface area contributed by atoms with Gasteiger partial charge in [-0.05, 0) is 18.2 Å². The molecule has 0 saturated carbocycles. The van der Waals surface area contributed by atoms with Crippen molar-refractivity contribution in [1.82, 2.24) is 14.4 Å². The lowest BCUT2D eigenvalue weighted by molar-refractivity contribution is 0.496. The molecule has 0 N–H and O–H groups in total. The lowest BCUT2D eigenvalue weighted by atomic mass is 10.0. The third kappa shape index (κ3) is 2.15. The van der Waals surface area contributed by atoms with E-state index in [0.717, 1.165) is 21.8 Å². The van der Waals surface area contributed by atoms with Gasteiger partial charge in [0.05, 0.1) is 21.4 Å². The molecule has 26 heavy (non-hydrogen) atoms. The van der Waals surface area contributed by atoms with E-state index in [0.29, 0.717) is 11.8 Å². The molecule has 0 fully saturated rings. The van der Waals surface area contributed by atoms with Crippen LogP contribution in [0.4, 0.5) is 13.2 Å². The van der Waals surface area contributed by atoms with Crippen molar-refractivity contribution >= 4 is 27.4 Å². The first-order valence-electron chi connectivity index (χ1n) is 7.56. The summed E-state index contributed by atoms with van der Waals surface area (Å²) in [6.45, 7) is 0. The summed E-state index contributed by atoms with van der Waals surface area (Å²) in [5.41, 5.74) is 3.86. The Morgan fingerprint density at radius 3 is 2.73 bits per heavy atom. The van der Waals surface area contributed by atoms with E-state index in [1.54, 1.807) is 16.1 Å². The van der Waals surface area contributed by atoms with Gasteiger partial charge < -0.3 is 4.42 Å². The van der Waals surface area contributed by atoms with Crippen molar-refractivity contribution in [2.75, 3.05) is 0 Å². The van der Waals surface area contributed by atoms with Crippen LogP contribution in [0.5, 0.6) is 0 Å². The minimum absolute atomic E-state index is 0.137. The number of hydrogen-bond acceptors (Lipinski definition) is 4. The normalized spacial score (nSPS) is 11.7. The Bertz CT molecular complexity index is 1290. The molecule has 0 atom stereocenters. The molecule has 0 aliphatic carbocycles. The molecule has 4 nitrogen and oxygen atoms in total. The Labute approximate surface area is 148 Å². The third-order valence-electron chi connectivity index (χ3n) is 4.13. The SMILES string of the molecule is Fc1cc(F)c(-c2nc3occn3c2-c2ccc3ncsc3c2)cc1F. The van der Waals surface area contributed by atoms with Crippen molar-refractivity contribution in [3.05, 3.63) is 65.8 Å². The monoisotopic (exact) mass is 371 g/mol. The molecule has 5 aromatic rings. The number of imidazole rings is 1. The maximum absolute atomic E-state index is 14.4. The number of fused-ring (bicyclic) bond motifs is 2. The van der Waals surface area contributed by atoms with Crippen molar-refractivity contribution in [2.24, 2.45) is 0 Å². The fourth-order valence-electron chi connectivity index (χ4n) is 2.96. The second-order valence-corrected chi connectivity index (χ2v) is 6.53. The van der Waals surface area contributed by atoms with Gasteiger partial charge >= 0.3 is 5.84 Å². The van der Waals surface area contributed by atoms with Gasteiger partial charge in [0.15, 0.2) is 11.6 Å². The Kier molecular flexibility index (Phi) is 3.17. The lowest BCUT2D eigenvalue weighted by Gasteiger charge is -2.06. The molecular weight excluding hydrogens is 363 g/mol. The standard InChI is InChI=1S/C18H8F3N3OS/c19-11-7-13(21)12(20)6-10(11)16-17(24-3-4-25-18(24)23-16)9-1-2-14-15(5-9)26-8-22-14/h1-8H. The second kappa shape index (κ2) is 5.43. The summed E-state index contributed by atoms with van der Waals surface area (Å²) in [7, 11) is 0. The smallest absolute Gasteiger partial charge is 0.306 e. The summed E-state index contributed by atoms with van der Waals surface area (Å²) in [4.78, 5) is 8.51. The summed E-state index contributed by atoms with van der Waals surface area (Å²) in [6, 6.07) is 6.87. The molecule has 0 aliphatic heterocycles. The lowest BCUT2D eigenvalue weighted by Crippen LogP contribution is -1.94. The van der Waals surface area contributed by atoms with Crippen LogP contribution in [-0.4, -0.2) is 14.4 Å². The number of rotatable bonds is 2. The van der Waals surface area contributed by atoms with Crippen LogP contribution in [0.15, 0.2) is 52.7 Å². The average molecular weight is 371 g/mol. The van der Waals surface area contributed by atoms with Gasteiger partial charge in [0.25, 0.3) is 0 Å². The minimum atomic E-state index is -1.25. The molecule has 3 aromatic heterocycles. The molecule has 0 aliphatic rings. The average Bonchev–Trinajstić information content (AvgIpc) is 3.32. The van der Waals surface area contributed by atoms with Crippen LogP contribution in [0.25, 0.3) is 38.6 Å². The van der Waals surface area contributed by atoms with E-state index < -0.39 is 17.5 Å². The maximum Gasteiger partial charge on any atom is 0.306 e. The zero-order chi connectivity index (χ0) is 17.8. The number of aromatic nitrogens is 3. The maximum atomic E-state index is 14.4. The Morgan fingerprint density at radius 2 is 1.85 bits per heavy atom. The molecule has 3 heterocycles. The number of hydrogen-bond donors (Lipinski definition) is 0. The van der Waals surface area contributed by atoms with E-state index in [-0.39, 0.29) is 17.1 Å². The molecule has 0 spiro atoms. The predicted octanol–water partition coefficient (Wildman–Crippen LogP) is 5.29. The Balaban J connectivity index is 1.83. The van der Waals surface area contributed by atoms with Gasteiger partial charge in [0.1, 0.15) is 17.8 Å². The van der Waals surface area contributed by atoms with Crippen molar-refractivity contribution in [3.8, 4) is 22.5 Å². The van der Waals surface area contributed by atoms with Crippen molar-refractivity contribution in [3.63, 3.8) is 0 Å². The van der Waals surface area contributed by atoms with Crippen molar-refractivity contribution in [2.45, 2.75) is 0 Å². The van der Waals surface area contributed by atoms with Gasteiger partial charge in [-0.2, -0.15) is 4.98 Å². The first kappa shape index (κ1) is 15.2. The molecule has 0 bridgehead atoms. The quantitative estimate of drug-likeness (QED) is 0.396.